The lowest BCUT2D eigenvalue weighted by atomic mass is 9.86. The van der Waals surface area contributed by atoms with Crippen LogP contribution in [0.4, 0.5) is 13.6 Å². The summed E-state index contributed by atoms with van der Waals surface area (Å²) >= 11 is 0. The van der Waals surface area contributed by atoms with Crippen molar-refractivity contribution in [1.82, 2.24) is 20.9 Å². The third-order valence-corrected chi connectivity index (χ3v) is 7.86. The second-order valence-corrected chi connectivity index (χ2v) is 14.3. The zero-order valence-corrected chi connectivity index (χ0v) is 30.5. The fourth-order valence-electron chi connectivity index (χ4n) is 5.28. The van der Waals surface area contributed by atoms with E-state index in [0.717, 1.165) is 5.56 Å². The topological polar surface area (TPSA) is 165 Å². The second-order valence-electron chi connectivity index (χ2n) is 14.3. The van der Waals surface area contributed by atoms with E-state index in [1.54, 1.807) is 66.9 Å². The Morgan fingerprint density at radius 3 is 2.02 bits per heavy atom. The summed E-state index contributed by atoms with van der Waals surface area (Å²) in [6, 6.07) is 17.9. The third-order valence-electron chi connectivity index (χ3n) is 7.86. The standard InChI is InChI=1S/C39H44F2N4O8/c1-38(2,3)33(45-37(50)53-39(4,5)6)35(47)44-32(34(46)43-29(36(48)49)21-31(40)41)23-13-15-24(16-14-23)52-30-20-27(22-11-9-8-10-12-22)42-28-19-25(51-7)17-18-26(28)30/h8-20,29,31-33H,21H2,1-7H3,(H,43,46)(H,44,47)(H,45,50)(H,48,49)/t29-,32?,33+/m0/s1. The SMILES string of the molecule is COc1ccc2c(Oc3ccc(C(NC(=O)[C@@H](NC(=O)OC(C)(C)C)C(C)(C)C)C(=O)N[C@@H](CC(F)F)C(=O)O)cc3)cc(-c3ccccc3)nc2c1. The summed E-state index contributed by atoms with van der Waals surface area (Å²) in [6.07, 6.45) is -5.07. The van der Waals surface area contributed by atoms with Gasteiger partial charge in [-0.3, -0.25) is 9.59 Å². The molecular formula is C39H44F2N4O8. The number of nitrogens with one attached hydrogen (secondary N) is 3. The molecule has 0 bridgehead atoms. The number of hydrogen-bond acceptors (Lipinski definition) is 8. The van der Waals surface area contributed by atoms with Crippen molar-refractivity contribution in [2.75, 3.05) is 7.11 Å². The van der Waals surface area contributed by atoms with Crippen LogP contribution in [0.1, 0.15) is 59.6 Å². The van der Waals surface area contributed by atoms with E-state index in [4.69, 9.17) is 19.2 Å². The van der Waals surface area contributed by atoms with Crippen LogP contribution >= 0.6 is 0 Å². The number of carboxylic acid groups (broad SMARTS) is 1. The number of alkyl carbamates (subject to hydrolysis) is 1. The number of aliphatic carboxylic acids is 1. The van der Waals surface area contributed by atoms with Crippen LogP contribution in [-0.2, 0) is 19.1 Å². The number of amides is 3. The zero-order chi connectivity index (χ0) is 39.1. The first-order valence-electron chi connectivity index (χ1n) is 16.8. The molecule has 0 saturated carbocycles. The maximum Gasteiger partial charge on any atom is 0.408 e. The summed E-state index contributed by atoms with van der Waals surface area (Å²) in [5, 5.41) is 17.4. The molecule has 3 atom stereocenters. The van der Waals surface area contributed by atoms with Crippen molar-refractivity contribution < 1.29 is 47.3 Å². The summed E-state index contributed by atoms with van der Waals surface area (Å²) in [5.74, 6) is -2.15. The number of hydrogen-bond donors (Lipinski definition) is 4. The fourth-order valence-corrected chi connectivity index (χ4v) is 5.28. The maximum absolute atomic E-state index is 13.8. The van der Waals surface area contributed by atoms with Crippen molar-refractivity contribution in [3.8, 4) is 28.5 Å². The van der Waals surface area contributed by atoms with Gasteiger partial charge in [-0.2, -0.15) is 0 Å². The van der Waals surface area contributed by atoms with E-state index >= 15 is 0 Å². The Morgan fingerprint density at radius 1 is 0.811 bits per heavy atom. The van der Waals surface area contributed by atoms with Crippen LogP contribution in [0.2, 0.25) is 0 Å². The number of pyridine rings is 1. The predicted octanol–water partition coefficient (Wildman–Crippen LogP) is 7.02. The third kappa shape index (κ3) is 11.1. The van der Waals surface area contributed by atoms with Gasteiger partial charge in [0.1, 0.15) is 41.0 Å². The molecule has 0 aliphatic heterocycles. The number of nitrogens with zero attached hydrogens (tertiary/aromatic N) is 1. The molecule has 282 valence electrons. The highest BCUT2D eigenvalue weighted by Crippen LogP contribution is 2.35. The van der Waals surface area contributed by atoms with Gasteiger partial charge in [-0.25, -0.2) is 23.4 Å². The van der Waals surface area contributed by atoms with E-state index in [-0.39, 0.29) is 5.56 Å². The van der Waals surface area contributed by atoms with Crippen molar-refractivity contribution in [1.29, 1.82) is 0 Å². The Hall–Kier alpha value is -5.79. The van der Waals surface area contributed by atoms with E-state index in [1.807, 2.05) is 36.4 Å². The zero-order valence-electron chi connectivity index (χ0n) is 30.5. The minimum atomic E-state index is -3.03. The van der Waals surface area contributed by atoms with Crippen LogP contribution < -0.4 is 25.4 Å². The van der Waals surface area contributed by atoms with Crippen LogP contribution in [-0.4, -0.2) is 65.2 Å². The minimum Gasteiger partial charge on any atom is -0.497 e. The number of rotatable bonds is 13. The monoisotopic (exact) mass is 734 g/mol. The van der Waals surface area contributed by atoms with Crippen LogP contribution in [0.5, 0.6) is 17.2 Å². The van der Waals surface area contributed by atoms with E-state index in [0.29, 0.717) is 33.8 Å². The quantitative estimate of drug-likeness (QED) is 0.113. The van der Waals surface area contributed by atoms with Gasteiger partial charge in [0.05, 0.1) is 18.3 Å². The van der Waals surface area contributed by atoms with Crippen molar-refractivity contribution in [2.45, 2.75) is 78.1 Å². The molecule has 4 N–H and O–H groups in total. The van der Waals surface area contributed by atoms with Crippen LogP contribution in [0.25, 0.3) is 22.2 Å². The van der Waals surface area contributed by atoms with E-state index in [2.05, 4.69) is 16.0 Å². The molecule has 1 unspecified atom stereocenters. The molecule has 0 fully saturated rings. The number of methoxy groups -OCH3 is 1. The molecule has 0 saturated heterocycles. The molecule has 3 amide bonds. The summed E-state index contributed by atoms with van der Waals surface area (Å²) < 4.78 is 43.5. The number of carboxylic acids is 1. The molecule has 0 aliphatic carbocycles. The summed E-state index contributed by atoms with van der Waals surface area (Å²) in [5.41, 5.74) is 0.510. The lowest BCUT2D eigenvalue weighted by molar-refractivity contribution is -0.143. The Morgan fingerprint density at radius 2 is 1.45 bits per heavy atom. The van der Waals surface area contributed by atoms with Crippen molar-refractivity contribution >= 4 is 34.8 Å². The highest BCUT2D eigenvalue weighted by molar-refractivity contribution is 5.94. The predicted molar refractivity (Wildman–Crippen MR) is 194 cm³/mol. The van der Waals surface area contributed by atoms with Crippen LogP contribution in [0.15, 0.2) is 78.9 Å². The van der Waals surface area contributed by atoms with Crippen LogP contribution in [0.3, 0.4) is 0 Å². The van der Waals surface area contributed by atoms with E-state index < -0.39 is 65.9 Å². The molecular weight excluding hydrogens is 690 g/mol. The van der Waals surface area contributed by atoms with Gasteiger partial charge in [-0.15, -0.1) is 0 Å². The number of carbonyl (C=O) groups excluding carboxylic acids is 3. The molecule has 0 spiro atoms. The number of ether oxygens (including phenoxy) is 3. The first-order valence-corrected chi connectivity index (χ1v) is 16.8. The van der Waals surface area contributed by atoms with E-state index in [1.165, 1.54) is 24.3 Å². The Kier molecular flexibility index (Phi) is 12.6. The van der Waals surface area contributed by atoms with Gasteiger partial charge in [0.2, 0.25) is 18.2 Å². The molecule has 12 nitrogen and oxygen atoms in total. The Balaban J connectivity index is 1.69. The first-order chi connectivity index (χ1) is 24.8. The van der Waals surface area contributed by atoms with Gasteiger partial charge in [0.15, 0.2) is 0 Å². The molecule has 4 aromatic rings. The summed E-state index contributed by atoms with van der Waals surface area (Å²) in [7, 11) is 1.55. The average Bonchev–Trinajstić information content (AvgIpc) is 3.08. The van der Waals surface area contributed by atoms with Gasteiger partial charge in [-0.1, -0.05) is 63.2 Å². The number of aromatic nitrogens is 1. The number of benzene rings is 3. The molecule has 1 aromatic heterocycles. The van der Waals surface area contributed by atoms with E-state index in [9.17, 15) is 33.1 Å². The van der Waals surface area contributed by atoms with Crippen molar-refractivity contribution in [2.24, 2.45) is 5.41 Å². The number of halogens is 2. The summed E-state index contributed by atoms with van der Waals surface area (Å²) in [4.78, 5) is 56.6. The first kappa shape index (κ1) is 40.0. The number of carbonyl (C=O) groups is 4. The number of alkyl halides is 2. The molecule has 1 heterocycles. The molecule has 14 heteroatoms. The normalized spacial score (nSPS) is 13.4. The molecule has 53 heavy (non-hydrogen) atoms. The Bertz CT molecular complexity index is 1930. The average molecular weight is 735 g/mol. The highest BCUT2D eigenvalue weighted by atomic mass is 19.3. The molecule has 0 aliphatic rings. The number of fused-ring (bicyclic) bond motifs is 1. The van der Waals surface area contributed by atoms with Crippen LogP contribution in [0, 0.1) is 5.41 Å². The largest absolute Gasteiger partial charge is 0.497 e. The fraction of sp³-hybridized carbons (Fsp3) is 0.359. The lowest BCUT2D eigenvalue weighted by Crippen LogP contribution is -2.56. The lowest BCUT2D eigenvalue weighted by Gasteiger charge is -2.32. The maximum atomic E-state index is 13.8. The smallest absolute Gasteiger partial charge is 0.408 e. The Labute approximate surface area is 306 Å². The minimum absolute atomic E-state index is 0.170. The van der Waals surface area contributed by atoms with Gasteiger partial charge in [0.25, 0.3) is 0 Å². The molecule has 0 radical (unpaired) electrons. The van der Waals surface area contributed by atoms with Crippen molar-refractivity contribution in [3.05, 3.63) is 84.4 Å². The summed E-state index contributed by atoms with van der Waals surface area (Å²) in [6.45, 7) is 10.0. The highest BCUT2D eigenvalue weighted by Gasteiger charge is 2.37. The van der Waals surface area contributed by atoms with Gasteiger partial charge < -0.3 is 35.3 Å². The second kappa shape index (κ2) is 16.7. The molecule has 3 aromatic carbocycles. The van der Waals surface area contributed by atoms with Crippen molar-refractivity contribution in [3.63, 3.8) is 0 Å². The van der Waals surface area contributed by atoms with Gasteiger partial charge >= 0.3 is 12.1 Å². The molecule has 4 rings (SSSR count). The van der Waals surface area contributed by atoms with Gasteiger partial charge in [0, 0.05) is 29.5 Å². The van der Waals surface area contributed by atoms with Gasteiger partial charge in [-0.05, 0) is 56.0 Å².